The van der Waals surface area contributed by atoms with Crippen LogP contribution in [0.25, 0.3) is 0 Å². The third kappa shape index (κ3) is 7.45. The molecule has 0 aliphatic rings. The van der Waals surface area contributed by atoms with E-state index in [2.05, 4.69) is 5.32 Å². The van der Waals surface area contributed by atoms with Crippen LogP contribution in [-0.2, 0) is 4.79 Å². The number of carbonyl (C=O) groups is 2. The molecule has 0 unspecified atom stereocenters. The summed E-state index contributed by atoms with van der Waals surface area (Å²) in [5, 5.41) is 2.90. The summed E-state index contributed by atoms with van der Waals surface area (Å²) in [4.78, 5) is 26.2. The van der Waals surface area contributed by atoms with Crippen LogP contribution in [0.5, 0.6) is 0 Å². The second kappa shape index (κ2) is 9.78. The Morgan fingerprint density at radius 3 is 2.36 bits per heavy atom. The molecule has 0 saturated heterocycles. The van der Waals surface area contributed by atoms with Crippen LogP contribution >= 0.6 is 12.4 Å². The maximum Gasteiger partial charge on any atom is 0.253 e. The minimum absolute atomic E-state index is 0. The maximum absolute atomic E-state index is 12.6. The van der Waals surface area contributed by atoms with Crippen molar-refractivity contribution in [1.29, 1.82) is 0 Å². The Hall–Kier alpha value is -1.59. The van der Waals surface area contributed by atoms with Gasteiger partial charge in [-0.15, -0.1) is 12.4 Å². The van der Waals surface area contributed by atoms with Crippen LogP contribution in [0, 0.1) is 18.3 Å². The molecule has 0 aliphatic carbocycles. The molecule has 0 aliphatic heterocycles. The largest absolute Gasteiger partial charge is 0.341 e. The average molecular weight is 370 g/mol. The van der Waals surface area contributed by atoms with Gasteiger partial charge in [-0.05, 0) is 48.6 Å². The SMILES string of the molecule is Cc1cc(C(=O)N(C)CC(C)(C)CN)ccc1NC(=O)CC(C)C.Cl. The molecule has 3 N–H and O–H groups in total. The summed E-state index contributed by atoms with van der Waals surface area (Å²) in [6, 6.07) is 5.37. The van der Waals surface area contributed by atoms with Crippen molar-refractivity contribution in [3.8, 4) is 0 Å². The molecule has 1 aromatic carbocycles. The van der Waals surface area contributed by atoms with Crippen LogP contribution in [0.3, 0.4) is 0 Å². The number of nitrogens with one attached hydrogen (secondary N) is 1. The van der Waals surface area contributed by atoms with Gasteiger partial charge < -0.3 is 16.0 Å². The third-order valence-corrected chi connectivity index (χ3v) is 3.91. The fourth-order valence-electron chi connectivity index (χ4n) is 2.51. The summed E-state index contributed by atoms with van der Waals surface area (Å²) in [7, 11) is 1.79. The quantitative estimate of drug-likeness (QED) is 0.772. The van der Waals surface area contributed by atoms with E-state index in [0.29, 0.717) is 31.0 Å². The molecule has 0 radical (unpaired) electrons. The molecule has 0 bridgehead atoms. The summed E-state index contributed by atoms with van der Waals surface area (Å²) in [6.45, 7) is 11.1. The van der Waals surface area contributed by atoms with Crippen molar-refractivity contribution in [1.82, 2.24) is 4.90 Å². The molecular weight excluding hydrogens is 338 g/mol. The van der Waals surface area contributed by atoms with Crippen molar-refractivity contribution in [2.75, 3.05) is 25.5 Å². The highest BCUT2D eigenvalue weighted by molar-refractivity contribution is 5.96. The second-order valence-electron chi connectivity index (χ2n) is 7.71. The predicted molar refractivity (Wildman–Crippen MR) is 106 cm³/mol. The minimum Gasteiger partial charge on any atom is -0.341 e. The molecule has 0 spiro atoms. The van der Waals surface area contributed by atoms with E-state index in [-0.39, 0.29) is 29.6 Å². The maximum atomic E-state index is 12.6. The van der Waals surface area contributed by atoms with Gasteiger partial charge in [0.15, 0.2) is 0 Å². The lowest BCUT2D eigenvalue weighted by atomic mass is 9.93. The van der Waals surface area contributed by atoms with Crippen LogP contribution < -0.4 is 11.1 Å². The van der Waals surface area contributed by atoms with Crippen molar-refractivity contribution >= 4 is 29.9 Å². The van der Waals surface area contributed by atoms with Crippen molar-refractivity contribution in [2.24, 2.45) is 17.1 Å². The molecular formula is C19H32ClN3O2. The van der Waals surface area contributed by atoms with E-state index in [9.17, 15) is 9.59 Å². The van der Waals surface area contributed by atoms with Gasteiger partial charge in [0, 0.05) is 31.3 Å². The highest BCUT2D eigenvalue weighted by Gasteiger charge is 2.22. The molecule has 25 heavy (non-hydrogen) atoms. The number of aryl methyl sites for hydroxylation is 1. The molecule has 6 heteroatoms. The fourth-order valence-corrected chi connectivity index (χ4v) is 2.51. The number of halogens is 1. The first-order chi connectivity index (χ1) is 11.1. The van der Waals surface area contributed by atoms with Crippen LogP contribution in [0.4, 0.5) is 5.69 Å². The lowest BCUT2D eigenvalue weighted by Gasteiger charge is -2.29. The number of carbonyl (C=O) groups excluding carboxylic acids is 2. The minimum atomic E-state index is -0.121. The Bertz CT molecular complexity index is 600. The number of rotatable bonds is 7. The van der Waals surface area contributed by atoms with Gasteiger partial charge in [0.2, 0.25) is 5.91 Å². The number of benzene rings is 1. The third-order valence-electron chi connectivity index (χ3n) is 3.91. The Kier molecular flexibility index (Phi) is 9.16. The summed E-state index contributed by atoms with van der Waals surface area (Å²) in [5.74, 6) is 0.263. The molecule has 0 fully saturated rings. The van der Waals surface area contributed by atoms with Gasteiger partial charge in [0.1, 0.15) is 0 Å². The first kappa shape index (κ1) is 23.4. The van der Waals surface area contributed by atoms with E-state index in [0.717, 1.165) is 11.3 Å². The highest BCUT2D eigenvalue weighted by Crippen LogP contribution is 2.20. The van der Waals surface area contributed by atoms with E-state index in [1.54, 1.807) is 24.1 Å². The van der Waals surface area contributed by atoms with Crippen LogP contribution in [-0.4, -0.2) is 36.9 Å². The molecule has 142 valence electrons. The van der Waals surface area contributed by atoms with Gasteiger partial charge in [-0.1, -0.05) is 27.7 Å². The smallest absolute Gasteiger partial charge is 0.253 e. The Morgan fingerprint density at radius 2 is 1.88 bits per heavy atom. The average Bonchev–Trinajstić information content (AvgIpc) is 2.47. The number of nitrogens with two attached hydrogens (primary N) is 1. The standard InChI is InChI=1S/C19H31N3O2.ClH/c1-13(2)9-17(23)21-16-8-7-15(10-14(16)3)18(24)22(6)12-19(4,5)11-20;/h7-8,10,13H,9,11-12,20H2,1-6H3,(H,21,23);1H. The molecule has 5 nitrogen and oxygen atoms in total. The van der Waals surface area contributed by atoms with Crippen LogP contribution in [0.1, 0.15) is 50.0 Å². The molecule has 2 amide bonds. The number of anilines is 1. The van der Waals surface area contributed by atoms with Gasteiger partial charge in [-0.3, -0.25) is 9.59 Å². The van der Waals surface area contributed by atoms with Crippen LogP contribution in [0.15, 0.2) is 18.2 Å². The van der Waals surface area contributed by atoms with Gasteiger partial charge in [-0.2, -0.15) is 0 Å². The van der Waals surface area contributed by atoms with E-state index in [1.165, 1.54) is 0 Å². The molecule has 1 rings (SSSR count). The van der Waals surface area contributed by atoms with Gasteiger partial charge in [0.25, 0.3) is 5.91 Å². The lowest BCUT2D eigenvalue weighted by Crippen LogP contribution is -2.39. The number of nitrogens with zero attached hydrogens (tertiary/aromatic N) is 1. The number of amides is 2. The first-order valence-electron chi connectivity index (χ1n) is 8.42. The normalized spacial score (nSPS) is 11.0. The summed E-state index contributed by atoms with van der Waals surface area (Å²) >= 11 is 0. The molecule has 0 saturated carbocycles. The zero-order chi connectivity index (χ0) is 18.5. The zero-order valence-corrected chi connectivity index (χ0v) is 17.0. The molecule has 1 aromatic rings. The van der Waals surface area contributed by atoms with Crippen molar-refractivity contribution in [3.05, 3.63) is 29.3 Å². The molecule has 0 aromatic heterocycles. The monoisotopic (exact) mass is 369 g/mol. The van der Waals surface area contributed by atoms with Crippen LogP contribution in [0.2, 0.25) is 0 Å². The molecule has 0 atom stereocenters. The Balaban J connectivity index is 0.00000576. The van der Waals surface area contributed by atoms with Crippen molar-refractivity contribution in [3.63, 3.8) is 0 Å². The predicted octanol–water partition coefficient (Wildman–Crippen LogP) is 3.46. The topological polar surface area (TPSA) is 75.4 Å². The Morgan fingerprint density at radius 1 is 1.28 bits per heavy atom. The summed E-state index contributed by atoms with van der Waals surface area (Å²) in [5.41, 5.74) is 7.87. The zero-order valence-electron chi connectivity index (χ0n) is 16.2. The van der Waals surface area contributed by atoms with E-state index < -0.39 is 0 Å². The second-order valence-corrected chi connectivity index (χ2v) is 7.71. The van der Waals surface area contributed by atoms with Crippen molar-refractivity contribution in [2.45, 2.75) is 41.0 Å². The van der Waals surface area contributed by atoms with Gasteiger partial charge in [0.05, 0.1) is 0 Å². The van der Waals surface area contributed by atoms with E-state index in [1.807, 2.05) is 40.7 Å². The fraction of sp³-hybridized carbons (Fsp3) is 0.579. The highest BCUT2D eigenvalue weighted by atomic mass is 35.5. The first-order valence-corrected chi connectivity index (χ1v) is 8.42. The molecule has 0 heterocycles. The van der Waals surface area contributed by atoms with E-state index >= 15 is 0 Å². The van der Waals surface area contributed by atoms with Gasteiger partial charge in [-0.25, -0.2) is 0 Å². The lowest BCUT2D eigenvalue weighted by molar-refractivity contribution is -0.116. The Labute approximate surface area is 157 Å². The summed E-state index contributed by atoms with van der Waals surface area (Å²) < 4.78 is 0. The summed E-state index contributed by atoms with van der Waals surface area (Å²) in [6.07, 6.45) is 0.483. The van der Waals surface area contributed by atoms with E-state index in [4.69, 9.17) is 5.73 Å². The van der Waals surface area contributed by atoms with Gasteiger partial charge >= 0.3 is 0 Å². The number of hydrogen-bond acceptors (Lipinski definition) is 3. The van der Waals surface area contributed by atoms with Crippen molar-refractivity contribution < 1.29 is 9.59 Å². The number of hydrogen-bond donors (Lipinski definition) is 2.